The molecule has 0 unspecified atom stereocenters. The van der Waals surface area contributed by atoms with E-state index in [1.807, 2.05) is 30.3 Å². The second-order valence-electron chi connectivity index (χ2n) is 6.30. The van der Waals surface area contributed by atoms with Crippen LogP contribution in [0.5, 0.6) is 0 Å². The topological polar surface area (TPSA) is 75.3 Å². The van der Waals surface area contributed by atoms with Gasteiger partial charge in [0.2, 0.25) is 5.91 Å². The average molecular weight is 415 g/mol. The number of anilines is 2. The highest BCUT2D eigenvalue weighted by atomic mass is 35.5. The van der Waals surface area contributed by atoms with Crippen LogP contribution in [-0.4, -0.2) is 14.3 Å². The first-order valence-electron chi connectivity index (χ1n) is 8.56. The average Bonchev–Trinajstić information content (AvgIpc) is 2.65. The number of carbonyl (C=O) groups excluding carboxylic acids is 1. The first kappa shape index (κ1) is 19.9. The number of benzene rings is 3. The van der Waals surface area contributed by atoms with Crippen LogP contribution < -0.4 is 10.0 Å². The molecule has 5 nitrogen and oxygen atoms in total. The number of sulfonamides is 1. The van der Waals surface area contributed by atoms with Crippen molar-refractivity contribution < 1.29 is 13.2 Å². The van der Waals surface area contributed by atoms with Crippen LogP contribution in [0.25, 0.3) is 0 Å². The van der Waals surface area contributed by atoms with Gasteiger partial charge in [0, 0.05) is 10.7 Å². The minimum Gasteiger partial charge on any atom is -0.326 e. The van der Waals surface area contributed by atoms with Crippen molar-refractivity contribution in [3.05, 3.63) is 88.9 Å². The van der Waals surface area contributed by atoms with Gasteiger partial charge in [-0.3, -0.25) is 9.52 Å². The molecule has 3 rings (SSSR count). The molecule has 0 saturated carbocycles. The van der Waals surface area contributed by atoms with Crippen molar-refractivity contribution in [1.82, 2.24) is 0 Å². The van der Waals surface area contributed by atoms with Gasteiger partial charge in [-0.25, -0.2) is 8.42 Å². The normalized spacial score (nSPS) is 11.1. The first-order valence-corrected chi connectivity index (χ1v) is 10.4. The maximum atomic E-state index is 12.6. The summed E-state index contributed by atoms with van der Waals surface area (Å²) < 4.78 is 27.7. The summed E-state index contributed by atoms with van der Waals surface area (Å²) in [7, 11) is -3.75. The van der Waals surface area contributed by atoms with Crippen LogP contribution in [0.1, 0.15) is 11.1 Å². The van der Waals surface area contributed by atoms with Crippen molar-refractivity contribution in [3.8, 4) is 0 Å². The van der Waals surface area contributed by atoms with Gasteiger partial charge in [0.1, 0.15) is 0 Å². The predicted molar refractivity (Wildman–Crippen MR) is 112 cm³/mol. The number of halogens is 1. The van der Waals surface area contributed by atoms with Crippen LogP contribution >= 0.6 is 11.6 Å². The minimum absolute atomic E-state index is 0.0999. The highest BCUT2D eigenvalue weighted by Gasteiger charge is 2.15. The van der Waals surface area contributed by atoms with Crippen LogP contribution in [0, 0.1) is 6.92 Å². The van der Waals surface area contributed by atoms with Crippen molar-refractivity contribution in [2.75, 3.05) is 10.0 Å². The van der Waals surface area contributed by atoms with Crippen molar-refractivity contribution in [2.45, 2.75) is 18.2 Å². The second-order valence-corrected chi connectivity index (χ2v) is 8.42. The van der Waals surface area contributed by atoms with Gasteiger partial charge < -0.3 is 5.32 Å². The smallest absolute Gasteiger partial charge is 0.261 e. The summed E-state index contributed by atoms with van der Waals surface area (Å²) in [5.41, 5.74) is 2.62. The second kappa shape index (κ2) is 8.46. The lowest BCUT2D eigenvalue weighted by atomic mass is 10.1. The van der Waals surface area contributed by atoms with Gasteiger partial charge in [0.05, 0.1) is 17.0 Å². The van der Waals surface area contributed by atoms with E-state index in [2.05, 4.69) is 10.0 Å². The number of aryl methyl sites for hydroxylation is 1. The molecule has 0 radical (unpaired) electrons. The van der Waals surface area contributed by atoms with Gasteiger partial charge in [0.25, 0.3) is 10.0 Å². The maximum absolute atomic E-state index is 12.6. The van der Waals surface area contributed by atoms with Crippen molar-refractivity contribution in [1.29, 1.82) is 0 Å². The van der Waals surface area contributed by atoms with Crippen LogP contribution in [-0.2, 0) is 21.2 Å². The fraction of sp³-hybridized carbons (Fsp3) is 0.0952. The lowest BCUT2D eigenvalue weighted by Gasteiger charge is -2.11. The fourth-order valence-electron chi connectivity index (χ4n) is 2.65. The van der Waals surface area contributed by atoms with Gasteiger partial charge in [-0.15, -0.1) is 0 Å². The van der Waals surface area contributed by atoms with E-state index in [9.17, 15) is 13.2 Å². The summed E-state index contributed by atoms with van der Waals surface area (Å²) in [5, 5.41) is 3.30. The van der Waals surface area contributed by atoms with Crippen LogP contribution in [0.2, 0.25) is 5.02 Å². The first-order chi connectivity index (χ1) is 13.3. The molecule has 0 bridgehead atoms. The Balaban J connectivity index is 1.68. The molecular weight excluding hydrogens is 396 g/mol. The zero-order valence-corrected chi connectivity index (χ0v) is 16.7. The number of nitrogens with one attached hydrogen (secondary N) is 2. The Kier molecular flexibility index (Phi) is 6.02. The molecule has 0 spiro atoms. The number of amides is 1. The molecule has 0 fully saturated rings. The molecular formula is C21H19ClN2O3S. The van der Waals surface area contributed by atoms with Crippen molar-refractivity contribution >= 4 is 38.9 Å². The van der Waals surface area contributed by atoms with E-state index in [0.717, 1.165) is 11.1 Å². The van der Waals surface area contributed by atoms with Crippen LogP contribution in [0.15, 0.2) is 77.7 Å². The van der Waals surface area contributed by atoms with E-state index in [4.69, 9.17) is 11.6 Å². The molecule has 28 heavy (non-hydrogen) atoms. The van der Waals surface area contributed by atoms with Crippen LogP contribution in [0.4, 0.5) is 11.4 Å². The van der Waals surface area contributed by atoms with E-state index in [0.29, 0.717) is 16.4 Å². The largest absolute Gasteiger partial charge is 0.326 e. The molecule has 0 heterocycles. The molecule has 7 heteroatoms. The zero-order chi connectivity index (χ0) is 20.1. The number of hydrogen-bond acceptors (Lipinski definition) is 3. The van der Waals surface area contributed by atoms with Gasteiger partial charge in [0.15, 0.2) is 0 Å². The fourth-order valence-corrected chi connectivity index (χ4v) is 4.01. The Morgan fingerprint density at radius 2 is 1.64 bits per heavy atom. The summed E-state index contributed by atoms with van der Waals surface area (Å²) in [6.07, 6.45) is 0.248. The Morgan fingerprint density at radius 1 is 0.964 bits per heavy atom. The number of hydrogen-bond donors (Lipinski definition) is 2. The van der Waals surface area contributed by atoms with E-state index < -0.39 is 10.0 Å². The van der Waals surface area contributed by atoms with Crippen molar-refractivity contribution in [3.63, 3.8) is 0 Å². The summed E-state index contributed by atoms with van der Waals surface area (Å²) in [6, 6.07) is 20.3. The van der Waals surface area contributed by atoms with E-state index >= 15 is 0 Å². The van der Waals surface area contributed by atoms with Gasteiger partial charge >= 0.3 is 0 Å². The molecule has 0 saturated heterocycles. The molecule has 2 N–H and O–H groups in total. The summed E-state index contributed by atoms with van der Waals surface area (Å²) in [4.78, 5) is 12.2. The Morgan fingerprint density at radius 3 is 2.29 bits per heavy atom. The number of rotatable bonds is 6. The predicted octanol–water partition coefficient (Wildman–Crippen LogP) is 4.63. The van der Waals surface area contributed by atoms with Crippen molar-refractivity contribution in [2.24, 2.45) is 0 Å². The van der Waals surface area contributed by atoms with E-state index in [1.54, 1.807) is 37.3 Å². The molecule has 0 atom stereocenters. The molecule has 1 amide bonds. The van der Waals surface area contributed by atoms with Crippen LogP contribution in [0.3, 0.4) is 0 Å². The van der Waals surface area contributed by atoms with E-state index in [1.165, 1.54) is 12.1 Å². The SMILES string of the molecule is Cc1cc(Cl)ccc1NS(=O)(=O)c1ccc(NC(=O)Cc2ccccc2)cc1. The molecule has 0 aromatic heterocycles. The molecule has 0 aliphatic heterocycles. The number of carbonyl (C=O) groups is 1. The summed E-state index contributed by atoms with van der Waals surface area (Å²) >= 11 is 5.90. The lowest BCUT2D eigenvalue weighted by Crippen LogP contribution is -2.15. The van der Waals surface area contributed by atoms with Gasteiger partial charge in [-0.2, -0.15) is 0 Å². The summed E-state index contributed by atoms with van der Waals surface area (Å²) in [6.45, 7) is 1.77. The minimum atomic E-state index is -3.75. The molecule has 144 valence electrons. The van der Waals surface area contributed by atoms with Gasteiger partial charge in [-0.1, -0.05) is 41.9 Å². The third kappa shape index (κ3) is 5.12. The Hall–Kier alpha value is -2.83. The maximum Gasteiger partial charge on any atom is 0.261 e. The highest BCUT2D eigenvalue weighted by molar-refractivity contribution is 7.92. The molecule has 0 aliphatic rings. The highest BCUT2D eigenvalue weighted by Crippen LogP contribution is 2.23. The Labute approximate surface area is 169 Å². The molecule has 3 aromatic carbocycles. The quantitative estimate of drug-likeness (QED) is 0.617. The van der Waals surface area contributed by atoms with E-state index in [-0.39, 0.29) is 17.2 Å². The monoisotopic (exact) mass is 414 g/mol. The lowest BCUT2D eigenvalue weighted by molar-refractivity contribution is -0.115. The third-order valence-corrected chi connectivity index (χ3v) is 5.71. The Bertz CT molecular complexity index is 1080. The zero-order valence-electron chi connectivity index (χ0n) is 15.1. The molecule has 3 aromatic rings. The standard InChI is InChI=1S/C21H19ClN2O3S/c1-15-13-17(22)7-12-20(15)24-28(26,27)19-10-8-18(9-11-19)23-21(25)14-16-5-3-2-4-6-16/h2-13,24H,14H2,1H3,(H,23,25). The summed E-state index contributed by atoms with van der Waals surface area (Å²) in [5.74, 6) is -0.170. The molecule has 0 aliphatic carbocycles. The van der Waals surface area contributed by atoms with Gasteiger partial charge in [-0.05, 0) is 60.5 Å². The third-order valence-electron chi connectivity index (χ3n) is 4.09.